The van der Waals surface area contributed by atoms with Crippen molar-refractivity contribution in [2.75, 3.05) is 17.1 Å². The molecule has 2 fully saturated rings. The Bertz CT molecular complexity index is 1670. The number of amides is 1. The molecule has 3 aromatic rings. The molecule has 1 amide bonds. The van der Waals surface area contributed by atoms with Gasteiger partial charge in [-0.25, -0.2) is 8.42 Å². The third kappa shape index (κ3) is 6.62. The van der Waals surface area contributed by atoms with Crippen LogP contribution in [0.5, 0.6) is 0 Å². The second-order valence-corrected chi connectivity index (χ2v) is 14.8. The number of likely N-dealkylation sites (tertiary alicyclic amines) is 1. The molecule has 4 atom stereocenters. The van der Waals surface area contributed by atoms with Gasteiger partial charge in [-0.05, 0) is 85.2 Å². The van der Waals surface area contributed by atoms with E-state index in [1.54, 1.807) is 30.3 Å². The number of nitrogens with zero attached hydrogens (tertiary/aromatic N) is 3. The minimum atomic E-state index is -3.76. The lowest BCUT2D eigenvalue weighted by molar-refractivity contribution is -0.154. The minimum Gasteiger partial charge on any atom is -0.329 e. The molecular formula is C34H35Cl2N3O3S. The smallest absolute Gasteiger partial charge is 0.232 e. The van der Waals surface area contributed by atoms with Crippen molar-refractivity contribution in [3.05, 3.63) is 112 Å². The first kappa shape index (κ1) is 31.1. The number of allylic oxidation sites excluding steroid dienone is 1. The number of nitriles is 1. The van der Waals surface area contributed by atoms with Crippen molar-refractivity contribution < 1.29 is 13.2 Å². The zero-order chi connectivity index (χ0) is 30.9. The van der Waals surface area contributed by atoms with Gasteiger partial charge in [-0.15, -0.1) is 6.58 Å². The Morgan fingerprint density at radius 2 is 1.77 bits per heavy atom. The summed E-state index contributed by atoms with van der Waals surface area (Å²) in [7, 11) is -3.76. The van der Waals surface area contributed by atoms with Gasteiger partial charge in [-0.3, -0.25) is 9.10 Å². The number of benzene rings is 3. The number of anilines is 1. The van der Waals surface area contributed by atoms with E-state index >= 15 is 0 Å². The van der Waals surface area contributed by atoms with Gasteiger partial charge >= 0.3 is 0 Å². The molecular weight excluding hydrogens is 601 g/mol. The molecule has 1 heterocycles. The lowest BCUT2D eigenvalue weighted by Crippen LogP contribution is -2.59. The van der Waals surface area contributed by atoms with Gasteiger partial charge in [0, 0.05) is 16.0 Å². The third-order valence-corrected chi connectivity index (χ3v) is 10.4. The predicted molar refractivity (Wildman–Crippen MR) is 173 cm³/mol. The van der Waals surface area contributed by atoms with Gasteiger partial charge in [0.05, 0.1) is 47.6 Å². The number of hydrogen-bond acceptors (Lipinski definition) is 4. The molecule has 0 aromatic heterocycles. The van der Waals surface area contributed by atoms with Crippen LogP contribution in [0.2, 0.25) is 10.0 Å². The van der Waals surface area contributed by atoms with E-state index in [-0.39, 0.29) is 24.3 Å². The lowest BCUT2D eigenvalue weighted by Gasteiger charge is -2.52. The molecule has 0 bridgehead atoms. The summed E-state index contributed by atoms with van der Waals surface area (Å²) < 4.78 is 28.0. The molecule has 5 rings (SSSR count). The highest BCUT2D eigenvalue weighted by Gasteiger charge is 2.54. The van der Waals surface area contributed by atoms with Gasteiger partial charge in [0.1, 0.15) is 0 Å². The fraction of sp³-hybridized carbons (Fsp3) is 0.353. The van der Waals surface area contributed by atoms with E-state index in [0.717, 1.165) is 24.0 Å². The summed E-state index contributed by atoms with van der Waals surface area (Å²) in [6, 6.07) is 23.2. The Hall–Kier alpha value is -3.31. The Kier molecular flexibility index (Phi) is 8.94. The molecule has 0 N–H and O–H groups in total. The quantitative estimate of drug-likeness (QED) is 0.213. The van der Waals surface area contributed by atoms with Crippen LogP contribution < -0.4 is 4.31 Å². The number of halogens is 2. The summed E-state index contributed by atoms with van der Waals surface area (Å²) in [5.41, 5.74) is 1.94. The molecule has 43 heavy (non-hydrogen) atoms. The first-order valence-corrected chi connectivity index (χ1v) is 17.0. The molecule has 1 saturated carbocycles. The molecule has 3 aromatic carbocycles. The maximum Gasteiger partial charge on any atom is 0.232 e. The maximum atomic E-state index is 14.8. The van der Waals surface area contributed by atoms with Crippen LogP contribution in [-0.2, 0) is 14.8 Å². The Labute approximate surface area is 264 Å². The number of hydrogen-bond donors (Lipinski definition) is 0. The zero-order valence-electron chi connectivity index (χ0n) is 24.3. The highest BCUT2D eigenvalue weighted by Crippen LogP contribution is 2.54. The van der Waals surface area contributed by atoms with Gasteiger partial charge in [0.25, 0.3) is 0 Å². The van der Waals surface area contributed by atoms with Crippen LogP contribution in [-0.4, -0.2) is 38.1 Å². The number of rotatable bonds is 10. The van der Waals surface area contributed by atoms with Crippen molar-refractivity contribution in [1.29, 1.82) is 5.26 Å². The molecule has 1 aliphatic heterocycles. The SMILES string of the molecule is C=CC[C@@]1(C)C[C@H](c2cccc(Cl)c2)[C@@H](c2ccc(Cl)cc2)N([C@@H](CN(c2cccc(C#N)c2)S(C)(=O)=O)C2CC2)C1=O. The first-order chi connectivity index (χ1) is 20.4. The third-order valence-electron chi connectivity index (χ3n) is 8.73. The fourth-order valence-electron chi connectivity index (χ4n) is 6.53. The van der Waals surface area contributed by atoms with Crippen LogP contribution >= 0.6 is 23.2 Å². The van der Waals surface area contributed by atoms with E-state index in [1.807, 2.05) is 60.4 Å². The molecule has 0 spiro atoms. The van der Waals surface area contributed by atoms with Crippen molar-refractivity contribution in [3.63, 3.8) is 0 Å². The Balaban J connectivity index is 1.70. The van der Waals surface area contributed by atoms with Crippen molar-refractivity contribution in [1.82, 2.24) is 4.90 Å². The predicted octanol–water partition coefficient (Wildman–Crippen LogP) is 7.75. The molecule has 224 valence electrons. The number of carbonyl (C=O) groups excluding carboxylic acids is 1. The minimum absolute atomic E-state index is 0.0262. The number of carbonyl (C=O) groups is 1. The zero-order valence-corrected chi connectivity index (χ0v) is 26.6. The number of sulfonamides is 1. The van der Waals surface area contributed by atoms with E-state index < -0.39 is 27.5 Å². The van der Waals surface area contributed by atoms with Gasteiger partial charge < -0.3 is 4.90 Å². The molecule has 1 saturated heterocycles. The van der Waals surface area contributed by atoms with E-state index in [9.17, 15) is 18.5 Å². The largest absolute Gasteiger partial charge is 0.329 e. The monoisotopic (exact) mass is 635 g/mol. The van der Waals surface area contributed by atoms with Gasteiger partial charge in [-0.2, -0.15) is 5.26 Å². The van der Waals surface area contributed by atoms with Crippen molar-refractivity contribution in [3.8, 4) is 6.07 Å². The molecule has 2 aliphatic rings. The van der Waals surface area contributed by atoms with Crippen molar-refractivity contribution in [2.24, 2.45) is 11.3 Å². The normalized spacial score (nSPS) is 23.0. The first-order valence-electron chi connectivity index (χ1n) is 14.4. The Morgan fingerprint density at radius 1 is 1.07 bits per heavy atom. The second kappa shape index (κ2) is 12.4. The summed E-state index contributed by atoms with van der Waals surface area (Å²) in [6.07, 6.45) is 5.77. The van der Waals surface area contributed by atoms with E-state index in [2.05, 4.69) is 12.6 Å². The maximum absolute atomic E-state index is 14.8. The summed E-state index contributed by atoms with van der Waals surface area (Å²) in [4.78, 5) is 16.8. The van der Waals surface area contributed by atoms with Crippen LogP contribution in [0.1, 0.15) is 61.3 Å². The van der Waals surface area contributed by atoms with Crippen molar-refractivity contribution >= 4 is 44.8 Å². The van der Waals surface area contributed by atoms with Crippen LogP contribution in [0.25, 0.3) is 0 Å². The van der Waals surface area contributed by atoms with Crippen LogP contribution in [0.4, 0.5) is 5.69 Å². The fourth-order valence-corrected chi connectivity index (χ4v) is 7.78. The molecule has 9 heteroatoms. The molecule has 0 radical (unpaired) electrons. The summed E-state index contributed by atoms with van der Waals surface area (Å²) in [5, 5.41) is 10.7. The van der Waals surface area contributed by atoms with Crippen LogP contribution in [0, 0.1) is 22.7 Å². The summed E-state index contributed by atoms with van der Waals surface area (Å²) in [6.45, 7) is 6.02. The van der Waals surface area contributed by atoms with Crippen LogP contribution in [0.3, 0.4) is 0 Å². The average molecular weight is 637 g/mol. The van der Waals surface area contributed by atoms with Crippen LogP contribution in [0.15, 0.2) is 85.5 Å². The van der Waals surface area contributed by atoms with Gasteiger partial charge in [0.2, 0.25) is 15.9 Å². The van der Waals surface area contributed by atoms with Gasteiger partial charge in [0.15, 0.2) is 0 Å². The highest BCUT2D eigenvalue weighted by molar-refractivity contribution is 7.92. The topological polar surface area (TPSA) is 81.5 Å². The summed E-state index contributed by atoms with van der Waals surface area (Å²) in [5.74, 6) is -0.0348. The highest BCUT2D eigenvalue weighted by atomic mass is 35.5. The van der Waals surface area contributed by atoms with Crippen molar-refractivity contribution in [2.45, 2.75) is 50.6 Å². The Morgan fingerprint density at radius 3 is 2.37 bits per heavy atom. The summed E-state index contributed by atoms with van der Waals surface area (Å²) >= 11 is 12.8. The molecule has 0 unspecified atom stereocenters. The van der Waals surface area contributed by atoms with E-state index in [1.165, 1.54) is 10.6 Å². The molecule has 1 aliphatic carbocycles. The van der Waals surface area contributed by atoms with Gasteiger partial charge in [-0.1, -0.05) is 66.5 Å². The standard InChI is InChI=1S/C34H35Cl2N3O3S/c1-4-17-34(2)20-30(26-8-6-9-28(36)19-26)32(25-13-15-27(35)16-14-25)39(33(34)40)31(24-11-12-24)22-38(43(3,41)42)29-10-5-7-23(18-29)21-37/h4-10,13-16,18-19,24,30-32H,1,11-12,17,20,22H2,2-3H3/t30-,31+,32-,34+/m1/s1. The molecule has 6 nitrogen and oxygen atoms in total. The second-order valence-electron chi connectivity index (χ2n) is 12.0. The average Bonchev–Trinajstić information content (AvgIpc) is 3.81. The lowest BCUT2D eigenvalue weighted by atomic mass is 9.67. The number of piperidine rings is 1. The van der Waals surface area contributed by atoms with E-state index in [4.69, 9.17) is 23.2 Å². The van der Waals surface area contributed by atoms with E-state index in [0.29, 0.717) is 34.1 Å².